The summed E-state index contributed by atoms with van der Waals surface area (Å²) in [6.07, 6.45) is 11.7. The topological polar surface area (TPSA) is 93.1 Å². The number of esters is 2. The number of ether oxygens (including phenoxy) is 2. The normalized spacial score (nSPS) is 32.1. The van der Waals surface area contributed by atoms with E-state index in [4.69, 9.17) is 9.47 Å². The zero-order valence-corrected chi connectivity index (χ0v) is 20.6. The first kappa shape index (κ1) is 23.8. The van der Waals surface area contributed by atoms with Gasteiger partial charge in [-0.25, -0.2) is 9.59 Å². The molecule has 0 saturated heterocycles. The molecule has 0 heterocycles. The summed E-state index contributed by atoms with van der Waals surface area (Å²) >= 11 is 12.9. The lowest BCUT2D eigenvalue weighted by Crippen LogP contribution is -2.33. The first-order valence-corrected chi connectivity index (χ1v) is 11.1. The third kappa shape index (κ3) is 7.07. The van der Waals surface area contributed by atoms with Crippen LogP contribution in [-0.2, 0) is 19.1 Å². The minimum Gasteiger partial charge on any atom is -0.462 e. The van der Waals surface area contributed by atoms with E-state index in [9.17, 15) is 19.8 Å². The highest BCUT2D eigenvalue weighted by Crippen LogP contribution is 2.35. The van der Waals surface area contributed by atoms with Crippen LogP contribution in [0, 0.1) is 11.8 Å². The predicted octanol–water partition coefficient (Wildman–Crippen LogP) is 3.73. The molecule has 0 fully saturated rings. The highest BCUT2D eigenvalue weighted by molar-refractivity contribution is 9.12. The van der Waals surface area contributed by atoms with Gasteiger partial charge in [-0.15, -0.1) is 0 Å². The zero-order chi connectivity index (χ0) is 20.9. The number of carbonyl (C=O) groups excluding carboxylic acids is 2. The van der Waals surface area contributed by atoms with Gasteiger partial charge < -0.3 is 19.7 Å². The number of halogens is 4. The second kappa shape index (κ2) is 9.99. The summed E-state index contributed by atoms with van der Waals surface area (Å²) in [6.45, 7) is -0.188. The minimum atomic E-state index is -1.32. The number of alkyl halides is 2. The van der Waals surface area contributed by atoms with Crippen molar-refractivity contribution in [3.63, 3.8) is 0 Å². The van der Waals surface area contributed by atoms with E-state index in [1.807, 2.05) is 0 Å². The summed E-state index contributed by atoms with van der Waals surface area (Å²) in [7, 11) is 0. The molecule has 2 rings (SSSR count). The molecule has 0 saturated carbocycles. The Labute approximate surface area is 195 Å². The molecule has 0 aromatic rings. The summed E-state index contributed by atoms with van der Waals surface area (Å²) < 4.78 is 8.98. The van der Waals surface area contributed by atoms with Gasteiger partial charge in [-0.3, -0.25) is 0 Å². The van der Waals surface area contributed by atoms with Crippen LogP contribution >= 0.6 is 63.7 Å². The Morgan fingerprint density at radius 2 is 1.25 bits per heavy atom. The van der Waals surface area contributed by atoms with Crippen LogP contribution in [0.15, 0.2) is 57.6 Å². The Kier molecular flexibility index (Phi) is 8.48. The Hall–Kier alpha value is -0.520. The van der Waals surface area contributed by atoms with E-state index in [0.717, 1.165) is 21.1 Å². The van der Waals surface area contributed by atoms with Crippen LogP contribution in [0.3, 0.4) is 0 Å². The fourth-order valence-electron chi connectivity index (χ4n) is 2.28. The van der Waals surface area contributed by atoms with Crippen molar-refractivity contribution in [2.75, 3.05) is 13.2 Å². The van der Waals surface area contributed by atoms with E-state index in [2.05, 4.69) is 63.7 Å². The molecule has 0 bridgehead atoms. The first-order chi connectivity index (χ1) is 13.0. The third-order valence-corrected chi connectivity index (χ3v) is 6.64. The van der Waals surface area contributed by atoms with Crippen LogP contribution in [0.25, 0.3) is 0 Å². The van der Waals surface area contributed by atoms with Crippen LogP contribution in [0.5, 0.6) is 0 Å². The number of hydrogen-bond acceptors (Lipinski definition) is 6. The van der Waals surface area contributed by atoms with Crippen molar-refractivity contribution in [3.8, 4) is 0 Å². The van der Waals surface area contributed by atoms with Crippen LogP contribution < -0.4 is 0 Å². The van der Waals surface area contributed by atoms with Crippen LogP contribution in [0.4, 0.5) is 0 Å². The Bertz CT molecular complexity index is 715. The SMILES string of the molecule is O=C(/C=C/C(=O)OCC1C=C(Br)C=CC1(O)Br)OCC1C=C(Br)C=CC1(O)Br. The zero-order valence-electron chi connectivity index (χ0n) is 14.2. The summed E-state index contributed by atoms with van der Waals surface area (Å²) in [5, 5.41) is 20.4. The Morgan fingerprint density at radius 1 is 0.893 bits per heavy atom. The summed E-state index contributed by atoms with van der Waals surface area (Å²) in [5.74, 6) is -2.51. The number of rotatable bonds is 6. The maximum absolute atomic E-state index is 11.8. The maximum atomic E-state index is 11.8. The Balaban J connectivity index is 1.80. The second-order valence-corrected chi connectivity index (χ2v) is 10.4. The van der Waals surface area contributed by atoms with Gasteiger partial charge in [-0.05, 0) is 56.2 Å². The number of allylic oxidation sites excluding steroid dienone is 4. The largest absolute Gasteiger partial charge is 0.462 e. The number of hydrogen-bond donors (Lipinski definition) is 2. The van der Waals surface area contributed by atoms with Crippen molar-refractivity contribution >= 4 is 75.7 Å². The molecule has 0 amide bonds. The van der Waals surface area contributed by atoms with E-state index in [0.29, 0.717) is 0 Å². The molecule has 2 aliphatic rings. The standard InChI is InChI=1S/C18H16Br4O6/c19-13-3-5-17(21,25)11(7-13)9-27-15(23)1-2-16(24)28-10-12-8-14(20)4-6-18(12,22)26/h1-8,11-12,25-26H,9-10H2/b2-1+. The molecule has 0 aliphatic heterocycles. The lowest BCUT2D eigenvalue weighted by Gasteiger charge is -2.28. The third-order valence-electron chi connectivity index (χ3n) is 3.88. The van der Waals surface area contributed by atoms with E-state index in [1.165, 1.54) is 12.2 Å². The summed E-state index contributed by atoms with van der Waals surface area (Å²) in [5.41, 5.74) is 0. The molecule has 2 aliphatic carbocycles. The molecule has 4 unspecified atom stereocenters. The number of aliphatic hydroxyl groups is 2. The van der Waals surface area contributed by atoms with Gasteiger partial charge in [-0.1, -0.05) is 44.0 Å². The lowest BCUT2D eigenvalue weighted by atomic mass is 9.98. The molecule has 0 aromatic carbocycles. The molecule has 2 N–H and O–H groups in total. The molecule has 6 nitrogen and oxygen atoms in total. The molecule has 152 valence electrons. The smallest absolute Gasteiger partial charge is 0.331 e. The van der Waals surface area contributed by atoms with Gasteiger partial charge in [0.25, 0.3) is 0 Å². The van der Waals surface area contributed by atoms with Crippen molar-refractivity contribution in [2.45, 2.75) is 9.02 Å². The van der Waals surface area contributed by atoms with Crippen molar-refractivity contribution in [1.82, 2.24) is 0 Å². The molecule has 0 aromatic heterocycles. The van der Waals surface area contributed by atoms with Gasteiger partial charge in [0, 0.05) is 21.1 Å². The van der Waals surface area contributed by atoms with Crippen LogP contribution in [0.2, 0.25) is 0 Å². The van der Waals surface area contributed by atoms with Gasteiger partial charge in [0.05, 0.1) is 11.8 Å². The van der Waals surface area contributed by atoms with E-state index < -0.39 is 32.8 Å². The molecule has 28 heavy (non-hydrogen) atoms. The maximum Gasteiger partial charge on any atom is 0.331 e. The van der Waals surface area contributed by atoms with Gasteiger partial charge in [-0.2, -0.15) is 0 Å². The van der Waals surface area contributed by atoms with Gasteiger partial charge in [0.1, 0.15) is 22.2 Å². The average molecular weight is 648 g/mol. The molecule has 4 atom stereocenters. The molecule has 0 spiro atoms. The van der Waals surface area contributed by atoms with Gasteiger partial charge >= 0.3 is 11.9 Å². The molecular weight excluding hydrogens is 632 g/mol. The lowest BCUT2D eigenvalue weighted by molar-refractivity contribution is -0.142. The highest BCUT2D eigenvalue weighted by atomic mass is 79.9. The average Bonchev–Trinajstić information content (AvgIpc) is 2.61. The quantitative estimate of drug-likeness (QED) is 0.260. The minimum absolute atomic E-state index is 0.0940. The van der Waals surface area contributed by atoms with E-state index in [1.54, 1.807) is 24.3 Å². The second-order valence-electron chi connectivity index (χ2n) is 6.03. The summed E-state index contributed by atoms with van der Waals surface area (Å²) in [4.78, 5) is 23.6. The van der Waals surface area contributed by atoms with Crippen LogP contribution in [-0.4, -0.2) is 44.4 Å². The fraction of sp³-hybridized carbons (Fsp3) is 0.333. The van der Waals surface area contributed by atoms with Crippen molar-refractivity contribution in [3.05, 3.63) is 57.6 Å². The molecule has 0 radical (unpaired) electrons. The van der Waals surface area contributed by atoms with E-state index in [-0.39, 0.29) is 13.2 Å². The van der Waals surface area contributed by atoms with Crippen molar-refractivity contribution < 1.29 is 29.3 Å². The van der Waals surface area contributed by atoms with Crippen LogP contribution in [0.1, 0.15) is 0 Å². The monoisotopic (exact) mass is 644 g/mol. The number of carbonyl (C=O) groups is 2. The molecule has 10 heteroatoms. The molecular formula is C18H16Br4O6. The van der Waals surface area contributed by atoms with Gasteiger partial charge in [0.2, 0.25) is 0 Å². The first-order valence-electron chi connectivity index (χ1n) is 7.97. The summed E-state index contributed by atoms with van der Waals surface area (Å²) in [6, 6.07) is 0. The Morgan fingerprint density at radius 3 is 1.61 bits per heavy atom. The highest BCUT2D eigenvalue weighted by Gasteiger charge is 2.34. The fourth-order valence-corrected chi connectivity index (χ4v) is 3.97. The van der Waals surface area contributed by atoms with Crippen molar-refractivity contribution in [2.24, 2.45) is 11.8 Å². The van der Waals surface area contributed by atoms with Crippen molar-refractivity contribution in [1.29, 1.82) is 0 Å². The van der Waals surface area contributed by atoms with E-state index >= 15 is 0 Å². The van der Waals surface area contributed by atoms with Gasteiger partial charge in [0.15, 0.2) is 0 Å². The predicted molar refractivity (Wildman–Crippen MR) is 118 cm³/mol.